The predicted molar refractivity (Wildman–Crippen MR) is 143 cm³/mol. The number of aromatic nitrogens is 2. The van der Waals surface area contributed by atoms with Gasteiger partial charge >= 0.3 is 0 Å². The molecule has 2 aromatic carbocycles. The summed E-state index contributed by atoms with van der Waals surface area (Å²) in [6.07, 6.45) is 6.49. The van der Waals surface area contributed by atoms with E-state index in [-0.39, 0.29) is 16.3 Å². The highest BCUT2D eigenvalue weighted by Gasteiger charge is 2.15. The highest BCUT2D eigenvalue weighted by molar-refractivity contribution is 7.86. The van der Waals surface area contributed by atoms with Gasteiger partial charge in [0.15, 0.2) is 0 Å². The van der Waals surface area contributed by atoms with Crippen LogP contribution in [0.3, 0.4) is 0 Å². The van der Waals surface area contributed by atoms with Crippen LogP contribution in [0, 0.1) is 6.92 Å². The number of aliphatic imine (C=N–C) groups is 2. The lowest BCUT2D eigenvalue weighted by molar-refractivity contribution is 0.483. The van der Waals surface area contributed by atoms with Crippen molar-refractivity contribution in [3.8, 4) is 0 Å². The Hall–Kier alpha value is -4.81. The van der Waals surface area contributed by atoms with Crippen LogP contribution < -0.4 is 0 Å². The van der Waals surface area contributed by atoms with Gasteiger partial charge in [-0.15, -0.1) is 0 Å². The van der Waals surface area contributed by atoms with Crippen LogP contribution in [0.25, 0.3) is 0 Å². The molecule has 0 spiro atoms. The maximum atomic E-state index is 11.2. The first-order valence-corrected chi connectivity index (χ1v) is 12.0. The zero-order valence-electron chi connectivity index (χ0n) is 19.7. The largest absolute Gasteiger partial charge is 0.296 e. The SMILES string of the molecule is C=Nc1ccc(N=Nc2ccncc2)c(C)c1.C=Nc1ccc(N=Nc2ccncc2)cc1S(=O)(=O)O. The smallest absolute Gasteiger partial charge is 0.282 e. The van der Waals surface area contributed by atoms with E-state index in [1.807, 2.05) is 25.1 Å². The molecule has 0 fully saturated rings. The molecule has 4 aromatic rings. The summed E-state index contributed by atoms with van der Waals surface area (Å²) < 4.78 is 31.6. The highest BCUT2D eigenvalue weighted by Crippen LogP contribution is 2.29. The number of hydrogen-bond acceptors (Lipinski definition) is 10. The van der Waals surface area contributed by atoms with E-state index in [0.29, 0.717) is 5.69 Å². The van der Waals surface area contributed by atoms with Crippen molar-refractivity contribution in [2.75, 3.05) is 0 Å². The molecule has 0 atom stereocenters. The third-order valence-electron chi connectivity index (χ3n) is 4.63. The Morgan fingerprint density at radius 1 is 0.649 bits per heavy atom. The molecule has 0 amide bonds. The molecule has 0 radical (unpaired) electrons. The summed E-state index contributed by atoms with van der Waals surface area (Å²) in [6, 6.07) is 16.6. The van der Waals surface area contributed by atoms with E-state index in [0.717, 1.165) is 22.6 Å². The monoisotopic (exact) mass is 514 g/mol. The molecule has 1 N–H and O–H groups in total. The minimum Gasteiger partial charge on any atom is -0.282 e. The number of azo groups is 2. The average molecular weight is 515 g/mol. The number of benzene rings is 2. The van der Waals surface area contributed by atoms with Crippen LogP contribution in [-0.2, 0) is 10.1 Å². The van der Waals surface area contributed by atoms with Gasteiger partial charge in [0.2, 0.25) is 0 Å². The van der Waals surface area contributed by atoms with Gasteiger partial charge in [-0.05, 0) is 86.6 Å². The van der Waals surface area contributed by atoms with Gasteiger partial charge in [0.05, 0.1) is 34.1 Å². The lowest BCUT2D eigenvalue weighted by Crippen LogP contribution is -1.97. The topological polar surface area (TPSA) is 154 Å². The van der Waals surface area contributed by atoms with Gasteiger partial charge in [-0.3, -0.25) is 24.5 Å². The Morgan fingerprint density at radius 3 is 1.68 bits per heavy atom. The second-order valence-electron chi connectivity index (χ2n) is 7.22. The minimum absolute atomic E-state index is 0.0513. The first-order chi connectivity index (χ1) is 17.8. The summed E-state index contributed by atoms with van der Waals surface area (Å²) >= 11 is 0. The molecule has 12 heteroatoms. The number of aryl methyl sites for hydroxylation is 1. The van der Waals surface area contributed by atoms with Crippen molar-refractivity contribution in [3.05, 3.63) is 91.0 Å². The fraction of sp³-hybridized carbons (Fsp3) is 0.0400. The molecule has 0 saturated heterocycles. The van der Waals surface area contributed by atoms with Crippen molar-refractivity contribution in [2.45, 2.75) is 11.8 Å². The molecule has 0 bridgehead atoms. The molecule has 37 heavy (non-hydrogen) atoms. The van der Waals surface area contributed by atoms with E-state index in [1.54, 1.807) is 49.1 Å². The van der Waals surface area contributed by atoms with Gasteiger partial charge in [-0.2, -0.15) is 28.9 Å². The normalized spacial score (nSPS) is 11.2. The lowest BCUT2D eigenvalue weighted by Gasteiger charge is -2.02. The number of pyridine rings is 2. The van der Waals surface area contributed by atoms with Crippen molar-refractivity contribution < 1.29 is 13.0 Å². The van der Waals surface area contributed by atoms with Crippen LogP contribution in [0.4, 0.5) is 34.1 Å². The Morgan fingerprint density at radius 2 is 1.16 bits per heavy atom. The van der Waals surface area contributed by atoms with E-state index in [2.05, 4.69) is 53.8 Å². The zero-order chi connectivity index (χ0) is 26.7. The van der Waals surface area contributed by atoms with Gasteiger partial charge < -0.3 is 0 Å². The number of rotatable bonds is 7. The summed E-state index contributed by atoms with van der Waals surface area (Å²) in [5, 5.41) is 16.1. The Balaban J connectivity index is 0.000000208. The third kappa shape index (κ3) is 8.13. The van der Waals surface area contributed by atoms with Crippen molar-refractivity contribution in [1.82, 2.24) is 9.97 Å². The van der Waals surface area contributed by atoms with Crippen LogP contribution in [0.2, 0.25) is 0 Å². The first kappa shape index (κ1) is 26.8. The van der Waals surface area contributed by atoms with Gasteiger partial charge in [0.25, 0.3) is 10.1 Å². The highest BCUT2D eigenvalue weighted by atomic mass is 32.2. The predicted octanol–water partition coefficient (Wildman–Crippen LogP) is 7.21. The standard InChI is InChI=1S/C13H12N4.C12H10N4O3S/c1-10-9-12(14-2)3-4-13(10)17-16-11-5-7-15-8-6-11;1-13-11-3-2-10(8-12(11)20(17,18)19)16-15-9-4-6-14-7-5-9/h3-9H,2H2,1H3;2-8H,1H2,(H,17,18,19). The molecular weight excluding hydrogens is 492 g/mol. The number of hydrogen-bond donors (Lipinski definition) is 1. The quantitative estimate of drug-likeness (QED) is 0.157. The number of nitrogens with zero attached hydrogens (tertiary/aromatic N) is 8. The maximum absolute atomic E-state index is 11.2. The zero-order valence-corrected chi connectivity index (χ0v) is 20.6. The molecule has 0 aliphatic heterocycles. The van der Waals surface area contributed by atoms with Crippen LogP contribution in [0.5, 0.6) is 0 Å². The Bertz CT molecular complexity index is 1540. The fourth-order valence-corrected chi connectivity index (χ4v) is 3.47. The summed E-state index contributed by atoms with van der Waals surface area (Å²) in [4.78, 5) is 14.8. The Kier molecular flexibility index (Phi) is 9.24. The average Bonchev–Trinajstić information content (AvgIpc) is 2.92. The summed E-state index contributed by atoms with van der Waals surface area (Å²) in [5.74, 6) is 0. The maximum Gasteiger partial charge on any atom is 0.296 e. The van der Waals surface area contributed by atoms with Crippen LogP contribution in [0.15, 0.2) is 121 Å². The van der Waals surface area contributed by atoms with Gasteiger partial charge in [0.1, 0.15) is 4.90 Å². The van der Waals surface area contributed by atoms with Crippen molar-refractivity contribution >= 4 is 57.7 Å². The second-order valence-corrected chi connectivity index (χ2v) is 8.61. The van der Waals surface area contributed by atoms with E-state index in [1.165, 1.54) is 18.2 Å². The summed E-state index contributed by atoms with van der Waals surface area (Å²) in [7, 11) is -4.40. The molecule has 0 aliphatic rings. The third-order valence-corrected chi connectivity index (χ3v) is 5.52. The molecule has 0 aliphatic carbocycles. The van der Waals surface area contributed by atoms with E-state index >= 15 is 0 Å². The van der Waals surface area contributed by atoms with Crippen LogP contribution in [-0.4, -0.2) is 36.4 Å². The first-order valence-electron chi connectivity index (χ1n) is 10.6. The molecule has 0 unspecified atom stereocenters. The minimum atomic E-state index is -4.40. The van der Waals surface area contributed by atoms with E-state index in [4.69, 9.17) is 4.55 Å². The molecule has 2 aromatic heterocycles. The van der Waals surface area contributed by atoms with Crippen molar-refractivity contribution in [3.63, 3.8) is 0 Å². The van der Waals surface area contributed by atoms with Gasteiger partial charge in [-0.1, -0.05) is 0 Å². The van der Waals surface area contributed by atoms with Gasteiger partial charge in [0, 0.05) is 24.8 Å². The molecule has 0 saturated carbocycles. The molecular formula is C25H22N8O3S. The van der Waals surface area contributed by atoms with Crippen molar-refractivity contribution in [1.29, 1.82) is 0 Å². The van der Waals surface area contributed by atoms with E-state index in [9.17, 15) is 8.42 Å². The van der Waals surface area contributed by atoms with Crippen LogP contribution >= 0.6 is 0 Å². The van der Waals surface area contributed by atoms with Crippen molar-refractivity contribution in [2.24, 2.45) is 30.4 Å². The Labute approximate surface area is 213 Å². The van der Waals surface area contributed by atoms with E-state index < -0.39 is 10.1 Å². The van der Waals surface area contributed by atoms with Gasteiger partial charge in [-0.25, -0.2) is 0 Å². The lowest BCUT2D eigenvalue weighted by atomic mass is 10.2. The van der Waals surface area contributed by atoms with Crippen LogP contribution in [0.1, 0.15) is 5.56 Å². The second kappa shape index (κ2) is 12.8. The molecule has 2 heterocycles. The summed E-state index contributed by atoms with van der Waals surface area (Å²) in [6.45, 7) is 8.69. The molecule has 4 rings (SSSR count). The summed E-state index contributed by atoms with van der Waals surface area (Å²) in [5.41, 5.74) is 4.36. The fourth-order valence-electron chi connectivity index (χ4n) is 2.80. The molecule has 186 valence electrons. The molecule has 11 nitrogen and oxygen atoms in total.